The Kier molecular flexibility index (Phi) is 5.01. The molecule has 0 aliphatic rings. The molecule has 8 heteroatoms. The van der Waals surface area contributed by atoms with E-state index >= 15 is 0 Å². The topological polar surface area (TPSA) is 80.6 Å². The number of esters is 1. The molecule has 6 nitrogen and oxygen atoms in total. The minimum atomic E-state index is -1.41. The van der Waals surface area contributed by atoms with Crippen molar-refractivity contribution in [1.29, 1.82) is 0 Å². The first kappa shape index (κ1) is 14.8. The first-order valence-corrected chi connectivity index (χ1v) is 5.68. The number of nitrogens with one attached hydrogen (secondary N) is 1. The number of rotatable bonds is 4. The van der Waals surface area contributed by atoms with E-state index in [-0.39, 0.29) is 22.4 Å². The van der Waals surface area contributed by atoms with Crippen LogP contribution in [0.5, 0.6) is 0 Å². The van der Waals surface area contributed by atoms with Gasteiger partial charge < -0.3 is 19.7 Å². The van der Waals surface area contributed by atoms with Gasteiger partial charge in [0.25, 0.3) is 5.91 Å². The summed E-state index contributed by atoms with van der Waals surface area (Å²) >= 11 is 11.6. The number of aliphatic hydroxyl groups is 1. The maximum absolute atomic E-state index is 11.7. The molecule has 100 valence electrons. The van der Waals surface area contributed by atoms with E-state index in [4.69, 9.17) is 23.2 Å². The number of carbonyl (C=O) groups is 2. The second-order valence-electron chi connectivity index (χ2n) is 3.48. The zero-order valence-corrected chi connectivity index (χ0v) is 11.2. The van der Waals surface area contributed by atoms with E-state index in [0.29, 0.717) is 0 Å². The third kappa shape index (κ3) is 3.16. The highest BCUT2D eigenvalue weighted by atomic mass is 35.5. The Balaban J connectivity index is 2.66. The number of aromatic nitrogens is 1. The van der Waals surface area contributed by atoms with Gasteiger partial charge in [0.05, 0.1) is 18.7 Å². The van der Waals surface area contributed by atoms with E-state index in [0.717, 1.165) is 7.11 Å². The minimum Gasteiger partial charge on any atom is -0.467 e. The van der Waals surface area contributed by atoms with Crippen LogP contribution in [-0.2, 0) is 16.6 Å². The smallest absolute Gasteiger partial charge is 0.336 e. The summed E-state index contributed by atoms with van der Waals surface area (Å²) in [4.78, 5) is 22.6. The van der Waals surface area contributed by atoms with Crippen molar-refractivity contribution in [2.24, 2.45) is 7.05 Å². The molecule has 0 saturated carbocycles. The Hall–Kier alpha value is -1.24. The molecule has 0 radical (unpaired) electrons. The summed E-state index contributed by atoms with van der Waals surface area (Å²) < 4.78 is 5.70. The van der Waals surface area contributed by atoms with Gasteiger partial charge in [-0.3, -0.25) is 4.79 Å². The third-order valence-electron chi connectivity index (χ3n) is 2.28. The Morgan fingerprint density at radius 2 is 2.17 bits per heavy atom. The number of hydrogen-bond acceptors (Lipinski definition) is 4. The van der Waals surface area contributed by atoms with Gasteiger partial charge in [-0.15, -0.1) is 0 Å². The number of carbonyl (C=O) groups excluding carboxylic acids is 2. The van der Waals surface area contributed by atoms with Crippen molar-refractivity contribution in [3.8, 4) is 0 Å². The lowest BCUT2D eigenvalue weighted by Crippen LogP contribution is -2.37. The first-order valence-electron chi connectivity index (χ1n) is 4.93. The van der Waals surface area contributed by atoms with Crippen molar-refractivity contribution < 1.29 is 19.4 Å². The minimum absolute atomic E-state index is 0.224. The number of hydrogen-bond donors (Lipinski definition) is 2. The van der Waals surface area contributed by atoms with Crippen LogP contribution in [0.1, 0.15) is 10.5 Å². The number of aliphatic hydroxyl groups excluding tert-OH is 1. The van der Waals surface area contributed by atoms with Gasteiger partial charge in [-0.05, 0) is 6.07 Å². The largest absolute Gasteiger partial charge is 0.467 e. The quantitative estimate of drug-likeness (QED) is 0.797. The van der Waals surface area contributed by atoms with E-state index in [1.54, 1.807) is 7.05 Å². The highest BCUT2D eigenvalue weighted by molar-refractivity contribution is 6.41. The summed E-state index contributed by atoms with van der Waals surface area (Å²) in [6.45, 7) is -0.258. The predicted molar refractivity (Wildman–Crippen MR) is 65.8 cm³/mol. The fraction of sp³-hybridized carbons (Fsp3) is 0.400. The van der Waals surface area contributed by atoms with Crippen molar-refractivity contribution in [2.75, 3.05) is 13.7 Å². The molecule has 0 saturated heterocycles. The van der Waals surface area contributed by atoms with Gasteiger partial charge in [0, 0.05) is 7.05 Å². The molecular formula is C10H12Cl2N2O4. The van der Waals surface area contributed by atoms with E-state index in [9.17, 15) is 14.7 Å². The molecule has 0 spiro atoms. The van der Waals surface area contributed by atoms with Crippen LogP contribution < -0.4 is 5.32 Å². The Bertz CT molecular complexity index is 473. The molecule has 0 fully saturated rings. The lowest BCUT2D eigenvalue weighted by Gasteiger charge is -2.10. The molecule has 1 heterocycles. The molecule has 2 N–H and O–H groups in total. The number of amides is 1. The van der Waals surface area contributed by atoms with Gasteiger partial charge in [-0.2, -0.15) is 0 Å². The fourth-order valence-electron chi connectivity index (χ4n) is 1.26. The summed E-state index contributed by atoms with van der Waals surface area (Å²) in [5.74, 6) is -1.33. The monoisotopic (exact) mass is 294 g/mol. The predicted octanol–water partition coefficient (Wildman–Crippen LogP) is 0.596. The van der Waals surface area contributed by atoms with Crippen LogP contribution in [0.3, 0.4) is 0 Å². The second-order valence-corrected chi connectivity index (χ2v) is 4.24. The van der Waals surface area contributed by atoms with Crippen molar-refractivity contribution in [2.45, 2.75) is 6.10 Å². The molecule has 1 atom stereocenters. The molecule has 0 bridgehead atoms. The Labute approximate surface area is 113 Å². The van der Waals surface area contributed by atoms with Gasteiger partial charge in [0.2, 0.25) is 0 Å². The second kappa shape index (κ2) is 6.08. The van der Waals surface area contributed by atoms with Crippen LogP contribution in [-0.4, -0.2) is 41.3 Å². The van der Waals surface area contributed by atoms with Crippen molar-refractivity contribution in [3.05, 3.63) is 21.9 Å². The number of ether oxygens (including phenoxy) is 1. The maximum atomic E-state index is 11.7. The highest BCUT2D eigenvalue weighted by Gasteiger charge is 2.19. The Morgan fingerprint density at radius 1 is 1.56 bits per heavy atom. The normalized spacial score (nSPS) is 12.1. The number of halogens is 2. The van der Waals surface area contributed by atoms with Gasteiger partial charge in [0.15, 0.2) is 6.10 Å². The van der Waals surface area contributed by atoms with Gasteiger partial charge in [0.1, 0.15) is 10.8 Å². The molecule has 0 aliphatic carbocycles. The van der Waals surface area contributed by atoms with Crippen LogP contribution in [0, 0.1) is 0 Å². The van der Waals surface area contributed by atoms with Gasteiger partial charge in [-0.25, -0.2) is 4.79 Å². The zero-order chi connectivity index (χ0) is 13.9. The van der Waals surface area contributed by atoms with Crippen LogP contribution in [0.4, 0.5) is 0 Å². The van der Waals surface area contributed by atoms with Crippen molar-refractivity contribution in [1.82, 2.24) is 9.88 Å². The van der Waals surface area contributed by atoms with Crippen LogP contribution >= 0.6 is 23.2 Å². The molecule has 0 aromatic carbocycles. The van der Waals surface area contributed by atoms with E-state index in [2.05, 4.69) is 10.1 Å². The lowest BCUT2D eigenvalue weighted by molar-refractivity contribution is -0.149. The maximum Gasteiger partial charge on any atom is 0.336 e. The van der Waals surface area contributed by atoms with Crippen molar-refractivity contribution in [3.63, 3.8) is 0 Å². The molecule has 1 aromatic heterocycles. The zero-order valence-electron chi connectivity index (χ0n) is 9.74. The Morgan fingerprint density at radius 3 is 2.61 bits per heavy atom. The first-order chi connectivity index (χ1) is 8.38. The molecule has 1 aromatic rings. The van der Waals surface area contributed by atoms with Crippen LogP contribution in [0.15, 0.2) is 6.07 Å². The van der Waals surface area contributed by atoms with E-state index in [1.807, 2.05) is 0 Å². The summed E-state index contributed by atoms with van der Waals surface area (Å²) in [5, 5.41) is 12.1. The van der Waals surface area contributed by atoms with Crippen LogP contribution in [0.2, 0.25) is 10.2 Å². The fourth-order valence-corrected chi connectivity index (χ4v) is 1.64. The summed E-state index contributed by atoms with van der Waals surface area (Å²) in [5.41, 5.74) is 0.224. The lowest BCUT2D eigenvalue weighted by atomic mass is 10.3. The van der Waals surface area contributed by atoms with Crippen molar-refractivity contribution >= 4 is 35.1 Å². The van der Waals surface area contributed by atoms with E-state index in [1.165, 1.54) is 10.6 Å². The van der Waals surface area contributed by atoms with Crippen LogP contribution in [0.25, 0.3) is 0 Å². The SMILES string of the molecule is COC(=O)C(O)CNC(=O)c1cc(Cl)c(Cl)n1C. The standard InChI is InChI=1S/C10H12Cl2N2O4/c1-14-6(3-5(11)8(14)12)9(16)13-4-7(15)10(17)18-2/h3,7,15H,4H2,1-2H3,(H,13,16). The average Bonchev–Trinajstić information content (AvgIpc) is 2.62. The molecule has 1 amide bonds. The van der Waals surface area contributed by atoms with Gasteiger partial charge in [-0.1, -0.05) is 23.2 Å². The number of nitrogens with zero attached hydrogens (tertiary/aromatic N) is 1. The summed E-state index contributed by atoms with van der Waals surface area (Å²) in [7, 11) is 2.71. The molecule has 1 rings (SSSR count). The molecule has 0 aliphatic heterocycles. The number of methoxy groups -OCH3 is 1. The third-order valence-corrected chi connectivity index (χ3v) is 3.12. The average molecular weight is 295 g/mol. The summed E-state index contributed by atoms with van der Waals surface area (Å²) in [6.07, 6.45) is -1.41. The molecule has 18 heavy (non-hydrogen) atoms. The van der Waals surface area contributed by atoms with E-state index < -0.39 is 18.0 Å². The highest BCUT2D eigenvalue weighted by Crippen LogP contribution is 2.24. The summed E-state index contributed by atoms with van der Waals surface area (Å²) in [6, 6.07) is 1.39. The molecule has 1 unspecified atom stereocenters. The van der Waals surface area contributed by atoms with Gasteiger partial charge >= 0.3 is 5.97 Å². The molecular weight excluding hydrogens is 283 g/mol.